The van der Waals surface area contributed by atoms with E-state index in [1.54, 1.807) is 0 Å². The molecule has 8 nitrogen and oxygen atoms in total. The van der Waals surface area contributed by atoms with Gasteiger partial charge in [-0.05, 0) is 25.7 Å². The van der Waals surface area contributed by atoms with Gasteiger partial charge >= 0.3 is 12.1 Å². The minimum absolute atomic E-state index is 0.0293. The zero-order valence-corrected chi connectivity index (χ0v) is 11.1. The lowest BCUT2D eigenvalue weighted by Gasteiger charge is -2.28. The minimum atomic E-state index is -0.633. The molecular formula is C11H24N4O4. The summed E-state index contributed by atoms with van der Waals surface area (Å²) in [7, 11) is 0. The maximum Gasteiger partial charge on any atom is 0.316 e. The molecule has 0 atom stereocenters. The normalized spacial score (nSPS) is 10.2. The number of urea groups is 2. The van der Waals surface area contributed by atoms with Crippen molar-refractivity contribution in [2.75, 3.05) is 33.0 Å². The second-order valence-electron chi connectivity index (χ2n) is 4.21. The van der Waals surface area contributed by atoms with Gasteiger partial charge in [0.2, 0.25) is 0 Å². The number of nitrogens with two attached hydrogens (primary N) is 2. The van der Waals surface area contributed by atoms with Crippen LogP contribution < -0.4 is 11.5 Å². The number of hydrogen-bond acceptors (Lipinski definition) is 4. The first-order valence-electron chi connectivity index (χ1n) is 6.33. The van der Waals surface area contributed by atoms with E-state index >= 15 is 0 Å². The number of carbonyl (C=O) groups is 2. The molecule has 0 bridgehead atoms. The van der Waals surface area contributed by atoms with E-state index in [9.17, 15) is 9.59 Å². The van der Waals surface area contributed by atoms with Crippen LogP contribution in [-0.2, 0) is 0 Å². The molecule has 0 aliphatic heterocycles. The van der Waals surface area contributed by atoms with Gasteiger partial charge in [-0.3, -0.25) is 0 Å². The SMILES string of the molecule is NC(=O)N(CCCCO)CN(CCCCO)C(N)=O. The van der Waals surface area contributed by atoms with Gasteiger partial charge < -0.3 is 31.5 Å². The predicted molar refractivity (Wildman–Crippen MR) is 70.1 cm³/mol. The Morgan fingerprint density at radius 1 is 0.789 bits per heavy atom. The van der Waals surface area contributed by atoms with E-state index in [-0.39, 0.29) is 19.9 Å². The Labute approximate surface area is 112 Å². The Balaban J connectivity index is 4.31. The molecule has 0 rings (SSSR count). The Kier molecular flexibility index (Phi) is 9.55. The second kappa shape index (κ2) is 10.4. The van der Waals surface area contributed by atoms with E-state index in [4.69, 9.17) is 21.7 Å². The maximum atomic E-state index is 11.2. The topological polar surface area (TPSA) is 133 Å². The van der Waals surface area contributed by atoms with Crippen LogP contribution in [0.1, 0.15) is 25.7 Å². The monoisotopic (exact) mass is 276 g/mol. The molecule has 0 saturated carbocycles. The highest BCUT2D eigenvalue weighted by Crippen LogP contribution is 2.01. The van der Waals surface area contributed by atoms with Crippen LogP contribution in [0, 0.1) is 0 Å². The zero-order valence-electron chi connectivity index (χ0n) is 11.1. The average Bonchev–Trinajstić information content (AvgIpc) is 2.35. The largest absolute Gasteiger partial charge is 0.396 e. The molecule has 4 amide bonds. The fourth-order valence-corrected chi connectivity index (χ4v) is 1.54. The van der Waals surface area contributed by atoms with E-state index in [1.807, 2.05) is 0 Å². The lowest BCUT2D eigenvalue weighted by molar-refractivity contribution is 0.147. The molecule has 0 aliphatic rings. The summed E-state index contributed by atoms with van der Waals surface area (Å²) >= 11 is 0. The minimum Gasteiger partial charge on any atom is -0.396 e. The Bertz CT molecular complexity index is 249. The Morgan fingerprint density at radius 2 is 1.16 bits per heavy atom. The van der Waals surface area contributed by atoms with Crippen LogP contribution in [0.25, 0.3) is 0 Å². The standard InChI is InChI=1S/C11H24N4O4/c12-10(18)14(5-1-3-7-16)9-15(11(13)19)6-2-4-8-17/h16-17H,1-9H2,(H2,12,18)(H2,13,19). The summed E-state index contributed by atoms with van der Waals surface area (Å²) in [5.41, 5.74) is 10.5. The van der Waals surface area contributed by atoms with Crippen LogP contribution in [0.5, 0.6) is 0 Å². The Morgan fingerprint density at radius 3 is 1.42 bits per heavy atom. The third-order valence-electron chi connectivity index (χ3n) is 2.64. The fourth-order valence-electron chi connectivity index (χ4n) is 1.54. The number of carbonyl (C=O) groups excluding carboxylic acids is 2. The molecule has 0 aliphatic carbocycles. The van der Waals surface area contributed by atoms with Crippen molar-refractivity contribution in [2.45, 2.75) is 25.7 Å². The number of unbranched alkanes of at least 4 members (excludes halogenated alkanes) is 2. The second-order valence-corrected chi connectivity index (χ2v) is 4.21. The number of hydrogen-bond donors (Lipinski definition) is 4. The van der Waals surface area contributed by atoms with Crippen LogP contribution >= 0.6 is 0 Å². The summed E-state index contributed by atoms with van der Waals surface area (Å²) in [6, 6.07) is -1.27. The number of aliphatic hydroxyl groups is 2. The average molecular weight is 276 g/mol. The van der Waals surface area contributed by atoms with Crippen molar-refractivity contribution in [3.05, 3.63) is 0 Å². The van der Waals surface area contributed by atoms with Gasteiger partial charge in [0.15, 0.2) is 0 Å². The van der Waals surface area contributed by atoms with Crippen LogP contribution in [0.4, 0.5) is 9.59 Å². The molecule has 0 unspecified atom stereocenters. The summed E-state index contributed by atoms with van der Waals surface area (Å²) in [6.07, 6.45) is 2.32. The van der Waals surface area contributed by atoms with Crippen molar-refractivity contribution in [1.82, 2.24) is 9.80 Å². The fraction of sp³-hybridized carbons (Fsp3) is 0.818. The molecule has 19 heavy (non-hydrogen) atoms. The summed E-state index contributed by atoms with van der Waals surface area (Å²) in [6.45, 7) is 0.839. The predicted octanol–water partition coefficient (Wildman–Crippen LogP) is -0.750. The molecule has 0 aromatic heterocycles. The van der Waals surface area contributed by atoms with Crippen molar-refractivity contribution in [2.24, 2.45) is 11.5 Å². The summed E-state index contributed by atoms with van der Waals surface area (Å²) < 4.78 is 0. The van der Waals surface area contributed by atoms with E-state index in [2.05, 4.69) is 0 Å². The maximum absolute atomic E-state index is 11.2. The molecule has 0 radical (unpaired) electrons. The molecule has 0 saturated heterocycles. The van der Waals surface area contributed by atoms with Crippen LogP contribution in [-0.4, -0.2) is 65.0 Å². The van der Waals surface area contributed by atoms with Gasteiger partial charge in [-0.15, -0.1) is 0 Å². The quantitative estimate of drug-likeness (QED) is 0.308. The van der Waals surface area contributed by atoms with Crippen molar-refractivity contribution < 1.29 is 19.8 Å². The van der Waals surface area contributed by atoms with E-state index in [0.29, 0.717) is 38.8 Å². The van der Waals surface area contributed by atoms with Crippen LogP contribution in [0.3, 0.4) is 0 Å². The van der Waals surface area contributed by atoms with Gasteiger partial charge in [-0.25, -0.2) is 9.59 Å². The van der Waals surface area contributed by atoms with Gasteiger partial charge in [0, 0.05) is 26.3 Å². The first-order chi connectivity index (χ1) is 9.02. The summed E-state index contributed by atoms with van der Waals surface area (Å²) in [4.78, 5) is 25.1. The molecule has 6 N–H and O–H groups in total. The van der Waals surface area contributed by atoms with Crippen molar-refractivity contribution in [1.29, 1.82) is 0 Å². The highest BCUT2D eigenvalue weighted by atomic mass is 16.3. The number of nitrogens with zero attached hydrogens (tertiary/aromatic N) is 2. The smallest absolute Gasteiger partial charge is 0.316 e. The van der Waals surface area contributed by atoms with Crippen LogP contribution in [0.15, 0.2) is 0 Å². The van der Waals surface area contributed by atoms with E-state index in [1.165, 1.54) is 9.80 Å². The van der Waals surface area contributed by atoms with Gasteiger partial charge in [0.05, 0.1) is 6.67 Å². The third-order valence-corrected chi connectivity index (χ3v) is 2.64. The molecule has 8 heteroatoms. The molecule has 112 valence electrons. The third kappa shape index (κ3) is 8.22. The summed E-state index contributed by atoms with van der Waals surface area (Å²) in [5, 5.41) is 17.4. The molecular weight excluding hydrogens is 252 g/mol. The van der Waals surface area contributed by atoms with Crippen molar-refractivity contribution >= 4 is 12.1 Å². The van der Waals surface area contributed by atoms with E-state index in [0.717, 1.165) is 0 Å². The van der Waals surface area contributed by atoms with Gasteiger partial charge in [-0.2, -0.15) is 0 Å². The molecule has 0 aromatic carbocycles. The highest BCUT2D eigenvalue weighted by molar-refractivity contribution is 5.74. The number of amides is 4. The molecule has 0 fully saturated rings. The van der Waals surface area contributed by atoms with Crippen LogP contribution in [0.2, 0.25) is 0 Å². The van der Waals surface area contributed by atoms with Gasteiger partial charge in [0.25, 0.3) is 0 Å². The first-order valence-corrected chi connectivity index (χ1v) is 6.33. The van der Waals surface area contributed by atoms with Crippen molar-refractivity contribution in [3.63, 3.8) is 0 Å². The highest BCUT2D eigenvalue weighted by Gasteiger charge is 2.16. The number of rotatable bonds is 10. The zero-order chi connectivity index (χ0) is 14.7. The Hall–Kier alpha value is -1.54. The first kappa shape index (κ1) is 17.5. The number of primary amides is 2. The van der Waals surface area contributed by atoms with E-state index < -0.39 is 12.1 Å². The lowest BCUT2D eigenvalue weighted by atomic mass is 10.3. The van der Waals surface area contributed by atoms with Crippen molar-refractivity contribution in [3.8, 4) is 0 Å². The lowest BCUT2D eigenvalue weighted by Crippen LogP contribution is -2.48. The molecule has 0 heterocycles. The number of aliphatic hydroxyl groups excluding tert-OH is 2. The summed E-state index contributed by atoms with van der Waals surface area (Å²) in [5.74, 6) is 0. The molecule has 0 spiro atoms. The van der Waals surface area contributed by atoms with Gasteiger partial charge in [0.1, 0.15) is 0 Å². The van der Waals surface area contributed by atoms with Gasteiger partial charge in [-0.1, -0.05) is 0 Å². The molecule has 0 aromatic rings.